The van der Waals surface area contributed by atoms with Gasteiger partial charge in [0, 0.05) is 26.8 Å². The van der Waals surface area contributed by atoms with E-state index in [4.69, 9.17) is 18.9 Å². The first kappa shape index (κ1) is 16.1. The number of nitrogens with one attached hydrogen (secondary N) is 1. The molecule has 0 radical (unpaired) electrons. The van der Waals surface area contributed by atoms with Gasteiger partial charge < -0.3 is 24.3 Å². The third-order valence-corrected chi connectivity index (χ3v) is 3.49. The summed E-state index contributed by atoms with van der Waals surface area (Å²) >= 11 is 0. The summed E-state index contributed by atoms with van der Waals surface area (Å²) in [6.45, 7) is 3.74. The van der Waals surface area contributed by atoms with Crippen molar-refractivity contribution in [2.24, 2.45) is 0 Å². The third-order valence-electron chi connectivity index (χ3n) is 3.49. The number of benzene rings is 1. The van der Waals surface area contributed by atoms with E-state index in [2.05, 4.69) is 5.32 Å². The van der Waals surface area contributed by atoms with E-state index in [1.54, 1.807) is 14.2 Å². The number of ether oxygens (including phenoxy) is 4. The lowest BCUT2D eigenvalue weighted by Gasteiger charge is -2.15. The second-order valence-electron chi connectivity index (χ2n) is 5.10. The van der Waals surface area contributed by atoms with Gasteiger partial charge in [0.1, 0.15) is 6.61 Å². The smallest absolute Gasteiger partial charge is 0.161 e. The van der Waals surface area contributed by atoms with E-state index in [0.717, 1.165) is 49.6 Å². The first-order chi connectivity index (χ1) is 10.3. The molecule has 0 aromatic heterocycles. The van der Waals surface area contributed by atoms with Crippen molar-refractivity contribution < 1.29 is 18.9 Å². The molecule has 1 aliphatic rings. The second-order valence-corrected chi connectivity index (χ2v) is 5.10. The van der Waals surface area contributed by atoms with Crippen molar-refractivity contribution in [3.8, 4) is 11.5 Å². The highest BCUT2D eigenvalue weighted by Gasteiger charge is 2.17. The molecule has 1 N–H and O–H groups in total. The van der Waals surface area contributed by atoms with Gasteiger partial charge in [-0.15, -0.1) is 0 Å². The fourth-order valence-electron chi connectivity index (χ4n) is 2.31. The van der Waals surface area contributed by atoms with Gasteiger partial charge in [-0.3, -0.25) is 0 Å². The Morgan fingerprint density at radius 1 is 1.29 bits per heavy atom. The SMILES string of the molecule is COCCNCc1ccc(OC)c(OCC2CCCO2)c1. The van der Waals surface area contributed by atoms with Gasteiger partial charge in [-0.1, -0.05) is 6.07 Å². The van der Waals surface area contributed by atoms with Gasteiger partial charge >= 0.3 is 0 Å². The average molecular weight is 295 g/mol. The molecule has 0 spiro atoms. The number of rotatable bonds is 9. The van der Waals surface area contributed by atoms with Gasteiger partial charge in [0.05, 0.1) is 19.8 Å². The van der Waals surface area contributed by atoms with E-state index in [1.165, 1.54) is 0 Å². The Bertz CT molecular complexity index is 419. The molecule has 0 aliphatic carbocycles. The first-order valence-corrected chi connectivity index (χ1v) is 7.44. The molecule has 1 aromatic rings. The summed E-state index contributed by atoms with van der Waals surface area (Å²) in [4.78, 5) is 0. The van der Waals surface area contributed by atoms with Crippen LogP contribution < -0.4 is 14.8 Å². The normalized spacial score (nSPS) is 17.9. The Kier molecular flexibility index (Phi) is 6.79. The van der Waals surface area contributed by atoms with Crippen LogP contribution in [0.3, 0.4) is 0 Å². The van der Waals surface area contributed by atoms with Crippen molar-refractivity contribution in [3.63, 3.8) is 0 Å². The molecule has 0 amide bonds. The zero-order chi connectivity index (χ0) is 14.9. The van der Waals surface area contributed by atoms with Crippen LogP contribution in [0.5, 0.6) is 11.5 Å². The van der Waals surface area contributed by atoms with Crippen molar-refractivity contribution in [3.05, 3.63) is 23.8 Å². The van der Waals surface area contributed by atoms with E-state index in [0.29, 0.717) is 13.2 Å². The summed E-state index contributed by atoms with van der Waals surface area (Å²) in [6, 6.07) is 6.00. The van der Waals surface area contributed by atoms with Crippen LogP contribution >= 0.6 is 0 Å². The lowest BCUT2D eigenvalue weighted by molar-refractivity contribution is 0.0669. The molecule has 1 aromatic carbocycles. The minimum Gasteiger partial charge on any atom is -0.493 e. The molecule has 5 nitrogen and oxygen atoms in total. The van der Waals surface area contributed by atoms with Gasteiger partial charge in [-0.25, -0.2) is 0 Å². The lowest BCUT2D eigenvalue weighted by atomic mass is 10.2. The number of hydrogen-bond acceptors (Lipinski definition) is 5. The van der Waals surface area contributed by atoms with E-state index in [-0.39, 0.29) is 6.10 Å². The minimum atomic E-state index is 0.207. The summed E-state index contributed by atoms with van der Waals surface area (Å²) < 4.78 is 21.8. The maximum atomic E-state index is 5.88. The molecule has 2 rings (SSSR count). The standard InChI is InChI=1S/C16H25NO4/c1-18-9-7-17-11-13-5-6-15(19-2)16(10-13)21-12-14-4-3-8-20-14/h5-6,10,14,17H,3-4,7-9,11-12H2,1-2H3. The molecule has 1 saturated heterocycles. The monoisotopic (exact) mass is 295 g/mol. The van der Waals surface area contributed by atoms with Crippen molar-refractivity contribution >= 4 is 0 Å². The van der Waals surface area contributed by atoms with Gasteiger partial charge in [-0.05, 0) is 30.5 Å². The van der Waals surface area contributed by atoms with E-state index in [1.807, 2.05) is 18.2 Å². The number of hydrogen-bond donors (Lipinski definition) is 1. The van der Waals surface area contributed by atoms with E-state index in [9.17, 15) is 0 Å². The summed E-state index contributed by atoms with van der Waals surface area (Å²) in [6.07, 6.45) is 2.40. The molecule has 1 fully saturated rings. The molecule has 1 heterocycles. The van der Waals surface area contributed by atoms with Crippen LogP contribution in [0, 0.1) is 0 Å². The Balaban J connectivity index is 1.89. The summed E-state index contributed by atoms with van der Waals surface area (Å²) in [7, 11) is 3.36. The predicted octanol–water partition coefficient (Wildman–Crippen LogP) is 1.99. The highest BCUT2D eigenvalue weighted by atomic mass is 16.5. The largest absolute Gasteiger partial charge is 0.493 e. The third kappa shape index (κ3) is 5.19. The van der Waals surface area contributed by atoms with Crippen molar-refractivity contribution in [2.45, 2.75) is 25.5 Å². The molecular weight excluding hydrogens is 270 g/mol. The Morgan fingerprint density at radius 2 is 2.19 bits per heavy atom. The topological polar surface area (TPSA) is 49.0 Å². The van der Waals surface area contributed by atoms with Crippen LogP contribution in [0.2, 0.25) is 0 Å². The van der Waals surface area contributed by atoms with Crippen LogP contribution in [-0.4, -0.2) is 46.7 Å². The van der Waals surface area contributed by atoms with Crippen LogP contribution in [0.4, 0.5) is 0 Å². The second kappa shape index (κ2) is 8.87. The number of methoxy groups -OCH3 is 2. The van der Waals surface area contributed by atoms with Crippen LogP contribution in [0.15, 0.2) is 18.2 Å². The molecule has 1 unspecified atom stereocenters. The molecule has 118 valence electrons. The fourth-order valence-corrected chi connectivity index (χ4v) is 2.31. The maximum absolute atomic E-state index is 5.88. The van der Waals surface area contributed by atoms with E-state index < -0.39 is 0 Å². The van der Waals surface area contributed by atoms with Crippen molar-refractivity contribution in [1.29, 1.82) is 0 Å². The Hall–Kier alpha value is -1.30. The molecule has 0 bridgehead atoms. The first-order valence-electron chi connectivity index (χ1n) is 7.44. The summed E-state index contributed by atoms with van der Waals surface area (Å²) in [5, 5.41) is 3.32. The predicted molar refractivity (Wildman–Crippen MR) is 81.0 cm³/mol. The zero-order valence-corrected chi connectivity index (χ0v) is 12.9. The van der Waals surface area contributed by atoms with Crippen molar-refractivity contribution in [1.82, 2.24) is 5.32 Å². The summed E-state index contributed by atoms with van der Waals surface area (Å²) in [5.74, 6) is 1.53. The van der Waals surface area contributed by atoms with Gasteiger partial charge in [-0.2, -0.15) is 0 Å². The van der Waals surface area contributed by atoms with Crippen LogP contribution in [0.1, 0.15) is 18.4 Å². The minimum absolute atomic E-state index is 0.207. The highest BCUT2D eigenvalue weighted by Crippen LogP contribution is 2.28. The lowest BCUT2D eigenvalue weighted by Crippen LogP contribution is -2.19. The average Bonchev–Trinajstić information content (AvgIpc) is 3.03. The molecular formula is C16H25NO4. The highest BCUT2D eigenvalue weighted by molar-refractivity contribution is 5.43. The Morgan fingerprint density at radius 3 is 2.90 bits per heavy atom. The summed E-state index contributed by atoms with van der Waals surface area (Å²) in [5.41, 5.74) is 1.16. The fraction of sp³-hybridized carbons (Fsp3) is 0.625. The zero-order valence-electron chi connectivity index (χ0n) is 12.9. The maximum Gasteiger partial charge on any atom is 0.161 e. The van der Waals surface area contributed by atoms with Crippen LogP contribution in [-0.2, 0) is 16.0 Å². The molecule has 1 atom stereocenters. The molecule has 5 heteroatoms. The Labute approximate surface area is 126 Å². The van der Waals surface area contributed by atoms with Gasteiger partial charge in [0.2, 0.25) is 0 Å². The van der Waals surface area contributed by atoms with Crippen LogP contribution in [0.25, 0.3) is 0 Å². The van der Waals surface area contributed by atoms with E-state index >= 15 is 0 Å². The molecule has 0 saturated carbocycles. The molecule has 21 heavy (non-hydrogen) atoms. The van der Waals surface area contributed by atoms with Gasteiger partial charge in [0.25, 0.3) is 0 Å². The quantitative estimate of drug-likeness (QED) is 0.706. The van der Waals surface area contributed by atoms with Gasteiger partial charge in [0.15, 0.2) is 11.5 Å². The van der Waals surface area contributed by atoms with Crippen molar-refractivity contribution in [2.75, 3.05) is 40.6 Å². The molecule has 1 aliphatic heterocycles.